The summed E-state index contributed by atoms with van der Waals surface area (Å²) in [6.07, 6.45) is 2.03. The van der Waals surface area contributed by atoms with Gasteiger partial charge in [0, 0.05) is 43.0 Å². The van der Waals surface area contributed by atoms with Crippen molar-refractivity contribution < 1.29 is 18.0 Å². The highest BCUT2D eigenvalue weighted by molar-refractivity contribution is 6.31. The number of hydrogen-bond acceptors (Lipinski definition) is 2. The van der Waals surface area contributed by atoms with Crippen molar-refractivity contribution in [3.05, 3.63) is 34.6 Å². The van der Waals surface area contributed by atoms with Gasteiger partial charge in [-0.25, -0.2) is 18.0 Å². The zero-order chi connectivity index (χ0) is 18.7. The number of piperidine rings is 1. The first-order valence-electron chi connectivity index (χ1n) is 8.92. The predicted molar refractivity (Wildman–Crippen MR) is 93.9 cm³/mol. The molecule has 0 bridgehead atoms. The molecular weight excluding hydrogens is 367 g/mol. The molecule has 1 heterocycles. The van der Waals surface area contributed by atoms with Crippen LogP contribution in [0.1, 0.15) is 31.2 Å². The van der Waals surface area contributed by atoms with Crippen molar-refractivity contribution in [1.29, 1.82) is 0 Å². The molecule has 26 heavy (non-hydrogen) atoms. The van der Waals surface area contributed by atoms with Crippen LogP contribution in [0.4, 0.5) is 18.0 Å². The molecule has 1 saturated heterocycles. The van der Waals surface area contributed by atoms with Crippen molar-refractivity contribution >= 4 is 17.6 Å². The summed E-state index contributed by atoms with van der Waals surface area (Å²) in [6, 6.07) is 4.03. The average Bonchev–Trinajstić information content (AvgIpc) is 3.17. The minimum Gasteiger partial charge on any atom is -0.338 e. The molecule has 2 amide bonds. The van der Waals surface area contributed by atoms with E-state index in [0.29, 0.717) is 24.5 Å². The van der Waals surface area contributed by atoms with Gasteiger partial charge in [0.25, 0.3) is 5.92 Å². The zero-order valence-electron chi connectivity index (χ0n) is 14.4. The molecule has 1 aliphatic heterocycles. The average molecular weight is 390 g/mol. The normalized spacial score (nSPS) is 24.9. The topological polar surface area (TPSA) is 44.4 Å². The largest absolute Gasteiger partial charge is 0.338 e. The van der Waals surface area contributed by atoms with Crippen LogP contribution in [0.25, 0.3) is 0 Å². The summed E-state index contributed by atoms with van der Waals surface area (Å²) < 4.78 is 38.7. The molecular formula is C18H23ClF3N3O. The highest BCUT2D eigenvalue weighted by Crippen LogP contribution is 2.50. The molecule has 0 spiro atoms. The molecule has 2 aliphatic rings. The standard InChI is InChI=1S/C18H23ClF3N3O/c19-16-8-14(20)4-3-12(16)10-25-7-1-2-15(11-25)24-17(26)23-6-5-13-9-18(13,21)22/h3-4,8,13,15H,1-2,5-7,9-11H2,(H2,23,24,26). The zero-order valence-corrected chi connectivity index (χ0v) is 15.2. The smallest absolute Gasteiger partial charge is 0.315 e. The SMILES string of the molecule is O=C(NCCC1CC1(F)F)NC1CCCN(Cc2ccc(F)cc2Cl)C1. The second-order valence-electron chi connectivity index (χ2n) is 7.16. The Bertz CT molecular complexity index is 659. The predicted octanol–water partition coefficient (Wildman–Crippen LogP) is 3.79. The lowest BCUT2D eigenvalue weighted by molar-refractivity contribution is 0.0970. The molecule has 2 N–H and O–H groups in total. The third-order valence-electron chi connectivity index (χ3n) is 4.98. The molecule has 0 aromatic heterocycles. The number of nitrogens with zero attached hydrogens (tertiary/aromatic N) is 1. The number of halogens is 4. The van der Waals surface area contributed by atoms with Gasteiger partial charge in [0.15, 0.2) is 0 Å². The Morgan fingerprint density at radius 1 is 1.38 bits per heavy atom. The number of likely N-dealkylation sites (tertiary alicyclic amines) is 1. The highest BCUT2D eigenvalue weighted by atomic mass is 35.5. The maximum Gasteiger partial charge on any atom is 0.315 e. The molecule has 2 atom stereocenters. The van der Waals surface area contributed by atoms with Crippen LogP contribution < -0.4 is 10.6 Å². The van der Waals surface area contributed by atoms with Crippen molar-refractivity contribution in [3.63, 3.8) is 0 Å². The number of benzene rings is 1. The minimum absolute atomic E-state index is 0.00894. The Morgan fingerprint density at radius 3 is 2.85 bits per heavy atom. The second kappa shape index (κ2) is 8.05. The lowest BCUT2D eigenvalue weighted by Crippen LogP contribution is -2.50. The van der Waals surface area contributed by atoms with Crippen LogP contribution in [0.2, 0.25) is 5.02 Å². The van der Waals surface area contributed by atoms with Gasteiger partial charge in [0.05, 0.1) is 0 Å². The van der Waals surface area contributed by atoms with Gasteiger partial charge in [-0.15, -0.1) is 0 Å². The van der Waals surface area contributed by atoms with Crippen molar-refractivity contribution in [3.8, 4) is 0 Å². The van der Waals surface area contributed by atoms with E-state index in [-0.39, 0.29) is 30.9 Å². The van der Waals surface area contributed by atoms with Crippen molar-refractivity contribution in [1.82, 2.24) is 15.5 Å². The molecule has 144 valence electrons. The number of carbonyl (C=O) groups is 1. The Hall–Kier alpha value is -1.47. The second-order valence-corrected chi connectivity index (χ2v) is 7.57. The molecule has 1 aromatic rings. The first kappa shape index (κ1) is 19.3. The summed E-state index contributed by atoms with van der Waals surface area (Å²) in [7, 11) is 0. The number of alkyl halides is 2. The van der Waals surface area contributed by atoms with E-state index in [1.165, 1.54) is 12.1 Å². The first-order valence-corrected chi connectivity index (χ1v) is 9.30. The number of nitrogens with one attached hydrogen (secondary N) is 2. The molecule has 2 unspecified atom stereocenters. The molecule has 1 saturated carbocycles. The Morgan fingerprint density at radius 2 is 2.15 bits per heavy atom. The number of rotatable bonds is 6. The Balaban J connectivity index is 1.40. The van der Waals surface area contributed by atoms with Crippen molar-refractivity contribution in [2.75, 3.05) is 19.6 Å². The van der Waals surface area contributed by atoms with Crippen LogP contribution in [-0.2, 0) is 6.54 Å². The van der Waals surface area contributed by atoms with Gasteiger partial charge >= 0.3 is 6.03 Å². The van der Waals surface area contributed by atoms with E-state index in [1.807, 2.05) is 0 Å². The lowest BCUT2D eigenvalue weighted by Gasteiger charge is -2.33. The summed E-state index contributed by atoms with van der Waals surface area (Å²) >= 11 is 6.08. The van der Waals surface area contributed by atoms with E-state index >= 15 is 0 Å². The summed E-state index contributed by atoms with van der Waals surface area (Å²) in [6.45, 7) is 2.40. The fraction of sp³-hybridized carbons (Fsp3) is 0.611. The molecule has 4 nitrogen and oxygen atoms in total. The lowest BCUT2D eigenvalue weighted by atomic mass is 10.0. The summed E-state index contributed by atoms with van der Waals surface area (Å²) in [5.74, 6) is -3.49. The minimum atomic E-state index is -2.54. The third kappa shape index (κ3) is 5.27. The van der Waals surface area contributed by atoms with E-state index in [1.54, 1.807) is 6.07 Å². The molecule has 8 heteroatoms. The van der Waals surface area contributed by atoms with Crippen LogP contribution in [-0.4, -0.2) is 42.5 Å². The van der Waals surface area contributed by atoms with Crippen LogP contribution in [0, 0.1) is 11.7 Å². The Labute approximate surface area is 156 Å². The van der Waals surface area contributed by atoms with E-state index in [9.17, 15) is 18.0 Å². The van der Waals surface area contributed by atoms with E-state index < -0.39 is 11.8 Å². The van der Waals surface area contributed by atoms with Crippen molar-refractivity contribution in [2.24, 2.45) is 5.92 Å². The van der Waals surface area contributed by atoms with Gasteiger partial charge in [0.2, 0.25) is 0 Å². The van der Waals surface area contributed by atoms with Gasteiger partial charge in [0.1, 0.15) is 5.82 Å². The molecule has 2 fully saturated rings. The number of amides is 2. The third-order valence-corrected chi connectivity index (χ3v) is 5.34. The number of hydrogen-bond donors (Lipinski definition) is 2. The quantitative estimate of drug-likeness (QED) is 0.777. The maximum atomic E-state index is 13.1. The van der Waals surface area contributed by atoms with E-state index in [2.05, 4.69) is 15.5 Å². The number of urea groups is 1. The highest BCUT2D eigenvalue weighted by Gasteiger charge is 2.55. The fourth-order valence-electron chi connectivity index (χ4n) is 3.39. The summed E-state index contributed by atoms with van der Waals surface area (Å²) in [4.78, 5) is 14.1. The Kier molecular flexibility index (Phi) is 5.97. The van der Waals surface area contributed by atoms with Crippen LogP contribution in [0.3, 0.4) is 0 Å². The first-order chi connectivity index (χ1) is 12.3. The van der Waals surface area contributed by atoms with E-state index in [0.717, 1.165) is 24.9 Å². The van der Waals surface area contributed by atoms with Gasteiger partial charge < -0.3 is 10.6 Å². The van der Waals surface area contributed by atoms with Gasteiger partial charge in [-0.1, -0.05) is 17.7 Å². The summed E-state index contributed by atoms with van der Waals surface area (Å²) in [5.41, 5.74) is 0.850. The molecule has 1 aliphatic carbocycles. The molecule has 3 rings (SSSR count). The van der Waals surface area contributed by atoms with Crippen LogP contribution in [0.5, 0.6) is 0 Å². The van der Waals surface area contributed by atoms with Gasteiger partial charge in [-0.3, -0.25) is 4.90 Å². The van der Waals surface area contributed by atoms with Crippen molar-refractivity contribution in [2.45, 2.75) is 44.2 Å². The molecule has 1 aromatic carbocycles. The fourth-order valence-corrected chi connectivity index (χ4v) is 3.61. The van der Waals surface area contributed by atoms with E-state index in [4.69, 9.17) is 11.6 Å². The number of carbonyl (C=O) groups excluding carboxylic acids is 1. The van der Waals surface area contributed by atoms with Crippen LogP contribution >= 0.6 is 11.6 Å². The maximum absolute atomic E-state index is 13.1. The van der Waals surface area contributed by atoms with Crippen LogP contribution in [0.15, 0.2) is 18.2 Å². The molecule has 0 radical (unpaired) electrons. The van der Waals surface area contributed by atoms with Gasteiger partial charge in [-0.2, -0.15) is 0 Å². The van der Waals surface area contributed by atoms with Gasteiger partial charge in [-0.05, 0) is 43.5 Å². The monoisotopic (exact) mass is 389 g/mol. The summed E-state index contributed by atoms with van der Waals surface area (Å²) in [5, 5.41) is 5.95.